The number of sulfonamides is 1. The van der Waals surface area contributed by atoms with Crippen molar-refractivity contribution >= 4 is 39.1 Å². The fourth-order valence-electron chi connectivity index (χ4n) is 3.99. The number of nitrogens with zero attached hydrogens (tertiary/aromatic N) is 2. The van der Waals surface area contributed by atoms with E-state index in [4.69, 9.17) is 11.6 Å². The minimum Gasteiger partial charge on any atom is -0.354 e. The molecule has 0 aliphatic heterocycles. The molecule has 0 heterocycles. The first kappa shape index (κ1) is 32.0. The van der Waals surface area contributed by atoms with E-state index in [1.54, 1.807) is 43.3 Å². The molecule has 12 heteroatoms. The predicted molar refractivity (Wildman–Crippen MR) is 152 cm³/mol. The number of nitrogens with one attached hydrogen (secondary N) is 1. The van der Waals surface area contributed by atoms with E-state index in [1.807, 2.05) is 6.92 Å². The molecule has 0 unspecified atom stereocenters. The van der Waals surface area contributed by atoms with Crippen molar-refractivity contribution in [3.05, 3.63) is 94.5 Å². The second kappa shape index (κ2) is 13.4. The highest BCUT2D eigenvalue weighted by Crippen LogP contribution is 2.33. The third-order valence-corrected chi connectivity index (χ3v) is 8.52. The molecule has 1 N–H and O–H groups in total. The van der Waals surface area contributed by atoms with Gasteiger partial charge >= 0.3 is 6.18 Å². The van der Waals surface area contributed by atoms with Gasteiger partial charge in [-0.3, -0.25) is 13.9 Å². The summed E-state index contributed by atoms with van der Waals surface area (Å²) < 4.78 is 68.9. The van der Waals surface area contributed by atoms with Crippen LogP contribution in [-0.4, -0.2) is 44.3 Å². The number of halogens is 4. The molecule has 0 aliphatic rings. The van der Waals surface area contributed by atoms with Crippen LogP contribution in [0, 0.1) is 6.92 Å². The summed E-state index contributed by atoms with van der Waals surface area (Å²) in [5.41, 5.74) is -0.158. The zero-order valence-electron chi connectivity index (χ0n) is 22.8. The molecule has 3 aromatic rings. The third-order valence-electron chi connectivity index (χ3n) is 6.36. The fraction of sp³-hybridized carbons (Fsp3) is 0.310. The summed E-state index contributed by atoms with van der Waals surface area (Å²) in [6.45, 7) is 4.45. The van der Waals surface area contributed by atoms with Gasteiger partial charge < -0.3 is 10.2 Å². The standard InChI is InChI=1S/C29H31ClF3N3O4S/c1-4-16-34-28(38)21(3)35(18-22-8-5-6-11-26(22)30)27(37)19-36(24-10-7-9-23(17-24)29(31,32)33)41(39,40)25-14-12-20(2)13-15-25/h5-15,17,21H,4,16,18-19H2,1-3H3,(H,34,38)/t21-/m1/s1. The van der Waals surface area contributed by atoms with E-state index < -0.39 is 46.2 Å². The maximum atomic E-state index is 13.9. The van der Waals surface area contributed by atoms with Crippen molar-refractivity contribution < 1.29 is 31.2 Å². The van der Waals surface area contributed by atoms with Gasteiger partial charge in [0.25, 0.3) is 10.0 Å². The monoisotopic (exact) mass is 609 g/mol. The maximum Gasteiger partial charge on any atom is 0.416 e. The minimum absolute atomic E-state index is 0.139. The van der Waals surface area contributed by atoms with E-state index in [-0.39, 0.29) is 17.1 Å². The molecule has 2 amide bonds. The van der Waals surface area contributed by atoms with E-state index in [1.165, 1.54) is 25.1 Å². The Bertz CT molecular complexity index is 1480. The lowest BCUT2D eigenvalue weighted by molar-refractivity contribution is -0.139. The molecule has 0 saturated heterocycles. The van der Waals surface area contributed by atoms with Crippen molar-refractivity contribution in [2.24, 2.45) is 0 Å². The number of carbonyl (C=O) groups excluding carboxylic acids is 2. The van der Waals surface area contributed by atoms with Crippen LogP contribution in [0.5, 0.6) is 0 Å². The van der Waals surface area contributed by atoms with Gasteiger partial charge in [0.2, 0.25) is 11.8 Å². The van der Waals surface area contributed by atoms with Gasteiger partial charge in [-0.1, -0.05) is 60.5 Å². The number of hydrogen-bond donors (Lipinski definition) is 1. The van der Waals surface area contributed by atoms with Crippen LogP contribution in [0.15, 0.2) is 77.7 Å². The van der Waals surface area contributed by atoms with Crippen LogP contribution in [0.2, 0.25) is 5.02 Å². The Morgan fingerprint density at radius 2 is 1.66 bits per heavy atom. The van der Waals surface area contributed by atoms with Gasteiger partial charge in [-0.15, -0.1) is 0 Å². The third kappa shape index (κ3) is 8.01. The predicted octanol–water partition coefficient (Wildman–Crippen LogP) is 5.81. The van der Waals surface area contributed by atoms with E-state index >= 15 is 0 Å². The first-order valence-corrected chi connectivity index (χ1v) is 14.6. The number of rotatable bonds is 11. The normalized spacial score (nSPS) is 12.5. The summed E-state index contributed by atoms with van der Waals surface area (Å²) in [6.07, 6.45) is -4.10. The smallest absolute Gasteiger partial charge is 0.354 e. The molecule has 220 valence electrons. The summed E-state index contributed by atoms with van der Waals surface area (Å²) in [4.78, 5) is 27.7. The number of alkyl halides is 3. The zero-order chi connectivity index (χ0) is 30.4. The van der Waals surface area contributed by atoms with Crippen LogP contribution in [-0.2, 0) is 32.3 Å². The zero-order valence-corrected chi connectivity index (χ0v) is 24.4. The van der Waals surface area contributed by atoms with Crippen LogP contribution in [0.3, 0.4) is 0 Å². The number of carbonyl (C=O) groups is 2. The second-order valence-corrected chi connectivity index (χ2v) is 11.7. The summed E-state index contributed by atoms with van der Waals surface area (Å²) in [7, 11) is -4.51. The number of amides is 2. The average Bonchev–Trinajstić information content (AvgIpc) is 2.93. The van der Waals surface area contributed by atoms with Gasteiger partial charge in [0.15, 0.2) is 0 Å². The Labute approximate surface area is 243 Å². The minimum atomic E-state index is -4.75. The van der Waals surface area contributed by atoms with E-state index in [9.17, 15) is 31.2 Å². The van der Waals surface area contributed by atoms with Crippen molar-refractivity contribution in [2.75, 3.05) is 17.4 Å². The lowest BCUT2D eigenvalue weighted by Gasteiger charge is -2.32. The van der Waals surface area contributed by atoms with Crippen molar-refractivity contribution in [1.82, 2.24) is 10.2 Å². The number of benzene rings is 3. The van der Waals surface area contributed by atoms with Crippen LogP contribution >= 0.6 is 11.6 Å². The van der Waals surface area contributed by atoms with Crippen LogP contribution in [0.25, 0.3) is 0 Å². The van der Waals surface area contributed by atoms with E-state index in [0.717, 1.165) is 22.6 Å². The molecule has 7 nitrogen and oxygen atoms in total. The first-order chi connectivity index (χ1) is 19.3. The Kier molecular flexibility index (Phi) is 10.4. The summed E-state index contributed by atoms with van der Waals surface area (Å²) in [6, 6.07) is 15.1. The number of aryl methyl sites for hydroxylation is 1. The Balaban J connectivity index is 2.09. The Morgan fingerprint density at radius 1 is 1.00 bits per heavy atom. The van der Waals surface area contributed by atoms with Crippen molar-refractivity contribution in [3.8, 4) is 0 Å². The van der Waals surface area contributed by atoms with E-state index in [2.05, 4.69) is 5.32 Å². The largest absolute Gasteiger partial charge is 0.416 e. The van der Waals surface area contributed by atoms with Gasteiger partial charge in [-0.05, 0) is 62.2 Å². The quantitative estimate of drug-likeness (QED) is 0.297. The Morgan fingerprint density at radius 3 is 2.27 bits per heavy atom. The second-order valence-electron chi connectivity index (χ2n) is 9.45. The molecule has 1 atom stereocenters. The molecule has 0 radical (unpaired) electrons. The van der Waals surface area contributed by atoms with Crippen molar-refractivity contribution in [2.45, 2.75) is 50.9 Å². The SMILES string of the molecule is CCCNC(=O)[C@@H](C)N(Cc1ccccc1Cl)C(=O)CN(c1cccc(C(F)(F)F)c1)S(=O)(=O)c1ccc(C)cc1. The first-order valence-electron chi connectivity index (χ1n) is 12.8. The van der Waals surface area contributed by atoms with Gasteiger partial charge in [-0.25, -0.2) is 8.42 Å². The van der Waals surface area contributed by atoms with Crippen molar-refractivity contribution in [1.29, 1.82) is 0 Å². The molecule has 3 aromatic carbocycles. The highest BCUT2D eigenvalue weighted by molar-refractivity contribution is 7.92. The lowest BCUT2D eigenvalue weighted by Crippen LogP contribution is -2.51. The molecular weight excluding hydrogens is 579 g/mol. The topological polar surface area (TPSA) is 86.8 Å². The highest BCUT2D eigenvalue weighted by Gasteiger charge is 2.35. The summed E-state index contributed by atoms with van der Waals surface area (Å²) >= 11 is 6.32. The van der Waals surface area contributed by atoms with Gasteiger partial charge in [0.1, 0.15) is 12.6 Å². The molecule has 0 saturated carbocycles. The lowest BCUT2D eigenvalue weighted by atomic mass is 10.1. The molecule has 0 spiro atoms. The highest BCUT2D eigenvalue weighted by atomic mass is 35.5. The van der Waals surface area contributed by atoms with Gasteiger partial charge in [0, 0.05) is 18.1 Å². The van der Waals surface area contributed by atoms with E-state index in [0.29, 0.717) is 33.9 Å². The van der Waals surface area contributed by atoms with Gasteiger partial charge in [-0.2, -0.15) is 13.2 Å². The van der Waals surface area contributed by atoms with Crippen LogP contribution in [0.1, 0.15) is 37.0 Å². The molecule has 3 rings (SSSR count). The molecule has 0 aliphatic carbocycles. The summed E-state index contributed by atoms with van der Waals surface area (Å²) in [5, 5.41) is 3.04. The number of hydrogen-bond acceptors (Lipinski definition) is 4. The van der Waals surface area contributed by atoms with Gasteiger partial charge in [0.05, 0.1) is 16.1 Å². The van der Waals surface area contributed by atoms with Crippen LogP contribution < -0.4 is 9.62 Å². The molecule has 0 aromatic heterocycles. The number of anilines is 1. The molecule has 0 bridgehead atoms. The molecular formula is C29H31ClF3N3O4S. The van der Waals surface area contributed by atoms with Crippen molar-refractivity contribution in [3.63, 3.8) is 0 Å². The average molecular weight is 610 g/mol. The Hall–Kier alpha value is -3.57. The van der Waals surface area contributed by atoms with Crippen LogP contribution in [0.4, 0.5) is 18.9 Å². The maximum absolute atomic E-state index is 13.9. The molecule has 41 heavy (non-hydrogen) atoms. The fourth-order valence-corrected chi connectivity index (χ4v) is 5.59. The summed E-state index contributed by atoms with van der Waals surface area (Å²) in [5.74, 6) is -1.28. The molecule has 0 fully saturated rings.